The summed E-state index contributed by atoms with van der Waals surface area (Å²) in [6.45, 7) is 18.7. The lowest BCUT2D eigenvalue weighted by Crippen LogP contribution is -2.48. The average Bonchev–Trinajstić information content (AvgIpc) is 3.33. The highest BCUT2D eigenvalue weighted by Gasteiger charge is 2.41. The predicted molar refractivity (Wildman–Crippen MR) is 275 cm³/mol. The second-order valence-electron chi connectivity index (χ2n) is 22.6. The van der Waals surface area contributed by atoms with Crippen molar-refractivity contribution in [2.24, 2.45) is 35.5 Å². The first-order valence-corrected chi connectivity index (χ1v) is 26.3. The van der Waals surface area contributed by atoms with Crippen LogP contribution in [0.15, 0.2) is 36.4 Å². The van der Waals surface area contributed by atoms with Gasteiger partial charge in [-0.3, -0.25) is 19.5 Å². The van der Waals surface area contributed by atoms with Crippen molar-refractivity contribution in [3.8, 4) is 0 Å². The summed E-state index contributed by atoms with van der Waals surface area (Å²) in [7, 11) is 0. The first-order chi connectivity index (χ1) is 33.1. The minimum Gasteiger partial charge on any atom is -0.393 e. The van der Waals surface area contributed by atoms with Gasteiger partial charge in [-0.25, -0.2) is 0 Å². The number of carbonyl (C=O) groups is 1. The Morgan fingerprint density at radius 3 is 1.11 bits per heavy atom. The zero-order chi connectivity index (χ0) is 49.7. The van der Waals surface area contributed by atoms with Gasteiger partial charge in [0.2, 0.25) is 0 Å². The molecule has 12 heteroatoms. The molecule has 0 saturated carbocycles. The Bertz CT molecular complexity index is 2100. The van der Waals surface area contributed by atoms with Gasteiger partial charge in [0.15, 0.2) is 0 Å². The van der Waals surface area contributed by atoms with Crippen LogP contribution in [0.5, 0.6) is 0 Å². The molecule has 8 atom stereocenters. The molecule has 0 bridgehead atoms. The maximum absolute atomic E-state index is 12.6. The lowest BCUT2D eigenvalue weighted by Gasteiger charge is -2.46. The monoisotopic (exact) mass is 972 g/mol. The van der Waals surface area contributed by atoms with Crippen LogP contribution in [0, 0.1) is 35.5 Å². The van der Waals surface area contributed by atoms with Crippen LogP contribution in [-0.4, -0.2) is 113 Å². The van der Waals surface area contributed by atoms with Crippen molar-refractivity contribution in [1.29, 1.82) is 0 Å². The topological polar surface area (TPSA) is 189 Å². The van der Waals surface area contributed by atoms with E-state index in [0.29, 0.717) is 41.8 Å². The second kappa shape index (κ2) is 25.2. The third-order valence-electron chi connectivity index (χ3n) is 16.4. The first kappa shape index (κ1) is 56.2. The Morgan fingerprint density at radius 2 is 0.786 bits per heavy atom. The number of carbonyl (C=O) groups excluding carboxylic acids is 1. The van der Waals surface area contributed by atoms with E-state index in [1.807, 2.05) is 36.4 Å². The van der Waals surface area contributed by atoms with Crippen LogP contribution in [0.2, 0.25) is 0 Å². The van der Waals surface area contributed by atoms with Gasteiger partial charge in [0.05, 0.1) is 51.8 Å². The fraction of sp³-hybridized carbons (Fsp3) is 0.672. The van der Waals surface area contributed by atoms with Gasteiger partial charge in [0.1, 0.15) is 5.78 Å². The molecule has 0 spiro atoms. The number of Topliss-reactive ketones (excluding diaryl/α,β-unsaturated/α-hetero) is 1. The molecule has 6 aliphatic heterocycles. The first-order valence-electron chi connectivity index (χ1n) is 26.3. The van der Waals surface area contributed by atoms with Gasteiger partial charge in [-0.1, -0.05) is 85.4 Å². The SMILES string of the molecule is C.CC(C)CC1CN2CCc3cc(CO)c(CO)cc3C2CC1=O.CC(C)CC1CN2CCc3cc(CO)c(CO)cc3C2CC1O.CC(C)C[C@@H]1CN2CCc3cc(CO)c(CO)cc3[C@H]2C[C@@H]1O. The van der Waals surface area contributed by atoms with Crippen molar-refractivity contribution in [2.75, 3.05) is 39.3 Å². The number of nitrogens with zero attached hydrogens (tertiary/aromatic N) is 3. The van der Waals surface area contributed by atoms with Crippen LogP contribution in [0.25, 0.3) is 0 Å². The van der Waals surface area contributed by atoms with Crippen molar-refractivity contribution in [3.05, 3.63) is 103 Å². The predicted octanol–water partition coefficient (Wildman–Crippen LogP) is 6.84. The molecule has 5 unspecified atom stereocenters. The highest BCUT2D eigenvalue weighted by Crippen LogP contribution is 2.43. The van der Waals surface area contributed by atoms with Crippen molar-refractivity contribution >= 4 is 5.78 Å². The standard InChI is InChI=1S/2C19H29NO3.C19H27NO3.CH4/c3*1-12(2)5-14-9-20-4-3-13-6-15(10-21)16(11-22)7-17(13)18(20)8-19(14)23;/h2*6-7,12,14,18-19,21-23H,3-5,8-11H2,1-2H3;6-7,12,14,18,21-22H,3-5,8-11H2,1-2H3;1H4/t14-,18-,19+;;;/m1.../s1. The van der Waals surface area contributed by atoms with E-state index in [4.69, 9.17) is 0 Å². The van der Waals surface area contributed by atoms with Crippen molar-refractivity contribution in [3.63, 3.8) is 0 Å². The third kappa shape index (κ3) is 12.8. The van der Waals surface area contributed by atoms with Gasteiger partial charge in [0.25, 0.3) is 0 Å². The molecule has 70 heavy (non-hydrogen) atoms. The molecule has 0 radical (unpaired) electrons. The Morgan fingerprint density at radius 1 is 0.471 bits per heavy atom. The summed E-state index contributed by atoms with van der Waals surface area (Å²) < 4.78 is 0. The Hall–Kier alpha value is -3.11. The van der Waals surface area contributed by atoms with Crippen molar-refractivity contribution < 1.29 is 45.6 Å². The molecule has 3 fully saturated rings. The fourth-order valence-corrected chi connectivity index (χ4v) is 12.9. The maximum Gasteiger partial charge on any atom is 0.139 e. The van der Waals surface area contributed by atoms with Crippen LogP contribution >= 0.6 is 0 Å². The minimum atomic E-state index is -0.250. The summed E-state index contributed by atoms with van der Waals surface area (Å²) in [5.41, 5.74) is 12.3. The lowest BCUT2D eigenvalue weighted by molar-refractivity contribution is -0.129. The third-order valence-corrected chi connectivity index (χ3v) is 16.4. The van der Waals surface area contributed by atoms with Crippen LogP contribution in [0.3, 0.4) is 0 Å². The van der Waals surface area contributed by atoms with E-state index in [-0.39, 0.29) is 83.3 Å². The summed E-state index contributed by atoms with van der Waals surface area (Å²) in [5.74, 6) is 3.04. The Kier molecular flexibility index (Phi) is 20.2. The van der Waals surface area contributed by atoms with Gasteiger partial charge in [-0.05, 0) is 148 Å². The number of benzene rings is 3. The summed E-state index contributed by atoms with van der Waals surface area (Å²) in [6.07, 6.45) is 7.65. The number of hydrogen-bond donors (Lipinski definition) is 8. The molecule has 3 saturated heterocycles. The van der Waals surface area contributed by atoms with E-state index in [2.05, 4.69) is 56.2 Å². The fourth-order valence-electron chi connectivity index (χ4n) is 12.9. The van der Waals surface area contributed by atoms with E-state index in [9.17, 15) is 45.6 Å². The molecule has 6 aliphatic rings. The van der Waals surface area contributed by atoms with Crippen LogP contribution in [0.1, 0.15) is 172 Å². The summed E-state index contributed by atoms with van der Waals surface area (Å²) in [4.78, 5) is 20.0. The van der Waals surface area contributed by atoms with Crippen LogP contribution < -0.4 is 0 Å². The molecule has 6 heterocycles. The Balaban J connectivity index is 0.000000171. The van der Waals surface area contributed by atoms with Crippen LogP contribution in [-0.2, 0) is 63.7 Å². The largest absolute Gasteiger partial charge is 0.393 e. The molecule has 390 valence electrons. The number of fused-ring (bicyclic) bond motifs is 9. The molecule has 3 aromatic carbocycles. The molecule has 12 nitrogen and oxygen atoms in total. The zero-order valence-corrected chi connectivity index (χ0v) is 42.5. The van der Waals surface area contributed by atoms with Gasteiger partial charge in [-0.2, -0.15) is 0 Å². The van der Waals surface area contributed by atoms with Crippen LogP contribution in [0.4, 0.5) is 0 Å². The van der Waals surface area contributed by atoms with Gasteiger partial charge < -0.3 is 40.9 Å². The van der Waals surface area contributed by atoms with E-state index in [0.717, 1.165) is 124 Å². The van der Waals surface area contributed by atoms with Gasteiger partial charge >= 0.3 is 0 Å². The molecular weight excluding hydrogens is 883 g/mol. The maximum atomic E-state index is 12.6. The lowest BCUT2D eigenvalue weighted by atomic mass is 9.78. The van der Waals surface area contributed by atoms with Gasteiger partial charge in [0, 0.05) is 69.7 Å². The van der Waals surface area contributed by atoms with Crippen molar-refractivity contribution in [1.82, 2.24) is 14.7 Å². The van der Waals surface area contributed by atoms with Gasteiger partial charge in [-0.15, -0.1) is 0 Å². The minimum absolute atomic E-state index is 0. The average molecular weight is 972 g/mol. The molecule has 0 aliphatic carbocycles. The number of aliphatic hydroxyl groups excluding tert-OH is 8. The van der Waals surface area contributed by atoms with E-state index >= 15 is 0 Å². The zero-order valence-electron chi connectivity index (χ0n) is 42.5. The normalized spacial score (nSPS) is 26.4. The molecule has 9 rings (SSSR count). The van der Waals surface area contributed by atoms with E-state index < -0.39 is 0 Å². The Labute approximate surface area is 419 Å². The number of hydrogen-bond acceptors (Lipinski definition) is 12. The van der Waals surface area contributed by atoms with Crippen molar-refractivity contribution in [2.45, 2.75) is 177 Å². The molecule has 0 amide bonds. The quantitative estimate of drug-likeness (QED) is 0.0947. The highest BCUT2D eigenvalue weighted by atomic mass is 16.3. The highest BCUT2D eigenvalue weighted by molar-refractivity contribution is 5.83. The number of rotatable bonds is 12. The summed E-state index contributed by atoms with van der Waals surface area (Å²) >= 11 is 0. The molecule has 8 N–H and O–H groups in total. The molecule has 3 aromatic rings. The molecular formula is C58H89N3O9. The summed E-state index contributed by atoms with van der Waals surface area (Å²) in [5, 5.41) is 78.3. The molecule has 0 aromatic heterocycles. The van der Waals surface area contributed by atoms with E-state index in [1.165, 1.54) is 33.4 Å². The second-order valence-corrected chi connectivity index (χ2v) is 22.6. The van der Waals surface area contributed by atoms with E-state index in [1.54, 1.807) is 0 Å². The number of piperidine rings is 3. The smallest absolute Gasteiger partial charge is 0.139 e. The number of aliphatic hydroxyl groups is 8. The number of ketones is 1. The summed E-state index contributed by atoms with van der Waals surface area (Å²) in [6, 6.07) is 12.9.